The van der Waals surface area contributed by atoms with Crippen LogP contribution in [0.1, 0.15) is 23.7 Å². The number of nitrogens with zero attached hydrogens (tertiary/aromatic N) is 1. The first-order valence-electron chi connectivity index (χ1n) is 5.16. The molecule has 2 N–H and O–H groups in total. The van der Waals surface area contributed by atoms with Gasteiger partial charge in [-0.3, -0.25) is 0 Å². The summed E-state index contributed by atoms with van der Waals surface area (Å²) in [5.74, 6) is -0.0679. The average molecular weight is 234 g/mol. The number of rotatable bonds is 4. The molecule has 17 heavy (non-hydrogen) atoms. The molecule has 5 heteroatoms. The smallest absolute Gasteiger partial charge is 0.337 e. The number of ether oxygens (including phenoxy) is 2. The number of hydrogen-bond acceptors (Lipinski definition) is 5. The maximum absolute atomic E-state index is 11.2. The second-order valence-corrected chi connectivity index (χ2v) is 3.39. The van der Waals surface area contributed by atoms with Crippen molar-refractivity contribution in [1.29, 1.82) is 5.26 Å². The molecule has 0 fully saturated rings. The topological polar surface area (TPSA) is 85.3 Å². The summed E-state index contributed by atoms with van der Waals surface area (Å²) in [7, 11) is 1.30. The SMILES string of the molecule is CCC(C#N)Oc1ccc(C(=O)OC)cc1N. The van der Waals surface area contributed by atoms with E-state index in [1.807, 2.05) is 13.0 Å². The van der Waals surface area contributed by atoms with Crippen LogP contribution in [0.5, 0.6) is 5.75 Å². The number of nitrogen functional groups attached to an aromatic ring is 1. The number of benzene rings is 1. The van der Waals surface area contributed by atoms with Gasteiger partial charge in [-0.15, -0.1) is 0 Å². The molecule has 0 saturated carbocycles. The number of esters is 1. The van der Waals surface area contributed by atoms with Gasteiger partial charge in [-0.05, 0) is 24.6 Å². The third-order valence-corrected chi connectivity index (χ3v) is 2.21. The zero-order valence-electron chi connectivity index (χ0n) is 9.77. The Kier molecular flexibility index (Phi) is 4.35. The van der Waals surface area contributed by atoms with Gasteiger partial charge in [0.05, 0.1) is 18.4 Å². The fourth-order valence-corrected chi connectivity index (χ4v) is 1.25. The molecule has 90 valence electrons. The predicted octanol–water partition coefficient (Wildman–Crippen LogP) is 1.74. The molecule has 0 bridgehead atoms. The zero-order valence-corrected chi connectivity index (χ0v) is 9.77. The molecule has 0 radical (unpaired) electrons. The highest BCUT2D eigenvalue weighted by Crippen LogP contribution is 2.24. The van der Waals surface area contributed by atoms with Crippen LogP contribution in [-0.4, -0.2) is 19.2 Å². The molecule has 0 heterocycles. The van der Waals surface area contributed by atoms with E-state index in [1.165, 1.54) is 13.2 Å². The Labute approximate surface area is 99.7 Å². The zero-order chi connectivity index (χ0) is 12.8. The van der Waals surface area contributed by atoms with Crippen LogP contribution < -0.4 is 10.5 Å². The van der Waals surface area contributed by atoms with Crippen LogP contribution in [0.15, 0.2) is 18.2 Å². The van der Waals surface area contributed by atoms with Crippen molar-refractivity contribution in [2.45, 2.75) is 19.4 Å². The number of nitriles is 1. The van der Waals surface area contributed by atoms with Crippen molar-refractivity contribution in [2.75, 3.05) is 12.8 Å². The summed E-state index contributed by atoms with van der Waals surface area (Å²) in [6, 6.07) is 6.57. The molecule has 0 saturated heterocycles. The summed E-state index contributed by atoms with van der Waals surface area (Å²) in [4.78, 5) is 11.2. The van der Waals surface area contributed by atoms with Crippen molar-refractivity contribution in [3.8, 4) is 11.8 Å². The van der Waals surface area contributed by atoms with E-state index in [9.17, 15) is 4.79 Å². The van der Waals surface area contributed by atoms with Crippen molar-refractivity contribution in [3.63, 3.8) is 0 Å². The number of hydrogen-bond donors (Lipinski definition) is 1. The predicted molar refractivity (Wildman–Crippen MR) is 62.5 cm³/mol. The van der Waals surface area contributed by atoms with E-state index in [-0.39, 0.29) is 0 Å². The lowest BCUT2D eigenvalue weighted by Crippen LogP contribution is -2.13. The summed E-state index contributed by atoms with van der Waals surface area (Å²) in [5.41, 5.74) is 6.39. The molecule has 0 amide bonds. The molecule has 1 rings (SSSR count). The molecule has 5 nitrogen and oxygen atoms in total. The quantitative estimate of drug-likeness (QED) is 0.633. The van der Waals surface area contributed by atoms with Gasteiger partial charge in [0, 0.05) is 0 Å². The Hall–Kier alpha value is -2.22. The lowest BCUT2D eigenvalue weighted by atomic mass is 10.2. The van der Waals surface area contributed by atoms with Gasteiger partial charge in [-0.2, -0.15) is 5.26 Å². The summed E-state index contributed by atoms with van der Waals surface area (Å²) in [6.45, 7) is 1.84. The van der Waals surface area contributed by atoms with Crippen LogP contribution in [0.4, 0.5) is 5.69 Å². The third kappa shape index (κ3) is 3.11. The minimum absolute atomic E-state index is 0.307. The van der Waals surface area contributed by atoms with Gasteiger partial charge in [-0.25, -0.2) is 4.79 Å². The Balaban J connectivity index is 2.91. The molecule has 1 aromatic rings. The normalized spacial score (nSPS) is 11.4. The Bertz CT molecular complexity index is 452. The van der Waals surface area contributed by atoms with Crippen molar-refractivity contribution in [1.82, 2.24) is 0 Å². The van der Waals surface area contributed by atoms with E-state index in [1.54, 1.807) is 12.1 Å². The minimum atomic E-state index is -0.540. The Morgan fingerprint density at radius 2 is 2.29 bits per heavy atom. The van der Waals surface area contributed by atoms with E-state index in [0.717, 1.165) is 0 Å². The van der Waals surface area contributed by atoms with Crippen LogP contribution in [0.2, 0.25) is 0 Å². The Morgan fingerprint density at radius 1 is 1.59 bits per heavy atom. The van der Waals surface area contributed by atoms with Crippen LogP contribution in [0.25, 0.3) is 0 Å². The first kappa shape index (κ1) is 12.8. The molecule has 0 aliphatic rings. The van der Waals surface area contributed by atoms with E-state index in [0.29, 0.717) is 23.4 Å². The molecule has 0 aromatic heterocycles. The highest BCUT2D eigenvalue weighted by Gasteiger charge is 2.12. The summed E-state index contributed by atoms with van der Waals surface area (Å²) in [5, 5.41) is 8.77. The monoisotopic (exact) mass is 234 g/mol. The number of anilines is 1. The molecule has 1 unspecified atom stereocenters. The second-order valence-electron chi connectivity index (χ2n) is 3.39. The van der Waals surface area contributed by atoms with Gasteiger partial charge in [-0.1, -0.05) is 6.92 Å². The van der Waals surface area contributed by atoms with Crippen molar-refractivity contribution < 1.29 is 14.3 Å². The summed E-state index contributed by atoms with van der Waals surface area (Å²) in [6.07, 6.45) is 0.0237. The summed E-state index contributed by atoms with van der Waals surface area (Å²) < 4.78 is 9.94. The number of methoxy groups -OCH3 is 1. The van der Waals surface area contributed by atoms with Gasteiger partial charge in [0.2, 0.25) is 0 Å². The standard InChI is InChI=1S/C12H14N2O3/c1-3-9(7-13)17-11-5-4-8(6-10(11)14)12(15)16-2/h4-6,9H,3,14H2,1-2H3. The molecular formula is C12H14N2O3. The average Bonchev–Trinajstić information content (AvgIpc) is 2.36. The van der Waals surface area contributed by atoms with Gasteiger partial charge >= 0.3 is 5.97 Å². The van der Waals surface area contributed by atoms with Crippen molar-refractivity contribution in [2.24, 2.45) is 0 Å². The number of nitrogens with two attached hydrogens (primary N) is 1. The maximum atomic E-state index is 11.2. The third-order valence-electron chi connectivity index (χ3n) is 2.21. The van der Waals surface area contributed by atoms with Gasteiger partial charge in [0.25, 0.3) is 0 Å². The number of carbonyl (C=O) groups is 1. The fraction of sp³-hybridized carbons (Fsp3) is 0.333. The van der Waals surface area contributed by atoms with Gasteiger partial charge in [0.1, 0.15) is 11.8 Å². The molecule has 0 spiro atoms. The van der Waals surface area contributed by atoms with E-state index in [2.05, 4.69) is 4.74 Å². The second kappa shape index (κ2) is 5.75. The molecule has 0 aliphatic heterocycles. The Morgan fingerprint density at radius 3 is 2.76 bits per heavy atom. The van der Waals surface area contributed by atoms with E-state index >= 15 is 0 Å². The van der Waals surface area contributed by atoms with Crippen LogP contribution in [0.3, 0.4) is 0 Å². The first-order chi connectivity index (χ1) is 8.12. The maximum Gasteiger partial charge on any atom is 0.337 e. The first-order valence-corrected chi connectivity index (χ1v) is 5.16. The summed E-state index contributed by atoms with van der Waals surface area (Å²) >= 11 is 0. The molecule has 0 aliphatic carbocycles. The van der Waals surface area contributed by atoms with E-state index in [4.69, 9.17) is 15.7 Å². The fourth-order valence-electron chi connectivity index (χ4n) is 1.25. The van der Waals surface area contributed by atoms with Crippen LogP contribution in [0, 0.1) is 11.3 Å². The van der Waals surface area contributed by atoms with Gasteiger partial charge < -0.3 is 15.2 Å². The van der Waals surface area contributed by atoms with Crippen LogP contribution >= 0.6 is 0 Å². The lowest BCUT2D eigenvalue weighted by molar-refractivity contribution is 0.0600. The molecular weight excluding hydrogens is 220 g/mol. The minimum Gasteiger partial charge on any atom is -0.473 e. The van der Waals surface area contributed by atoms with Gasteiger partial charge in [0.15, 0.2) is 6.10 Å². The number of carbonyl (C=O) groups excluding carboxylic acids is 1. The highest BCUT2D eigenvalue weighted by atomic mass is 16.5. The largest absolute Gasteiger partial charge is 0.473 e. The lowest BCUT2D eigenvalue weighted by Gasteiger charge is -2.12. The van der Waals surface area contributed by atoms with Crippen LogP contribution in [-0.2, 0) is 4.74 Å². The van der Waals surface area contributed by atoms with E-state index < -0.39 is 12.1 Å². The van der Waals surface area contributed by atoms with Crippen molar-refractivity contribution >= 4 is 11.7 Å². The molecule has 1 aromatic carbocycles. The van der Waals surface area contributed by atoms with Crippen molar-refractivity contribution in [3.05, 3.63) is 23.8 Å². The molecule has 1 atom stereocenters. The highest BCUT2D eigenvalue weighted by molar-refractivity contribution is 5.90.